The van der Waals surface area contributed by atoms with Gasteiger partial charge in [-0.25, -0.2) is 4.79 Å². The van der Waals surface area contributed by atoms with E-state index in [9.17, 15) is 4.79 Å². The number of hydroxylamine groups is 3. The summed E-state index contributed by atoms with van der Waals surface area (Å²) in [5.74, 6) is -0.365. The van der Waals surface area contributed by atoms with Gasteiger partial charge in [0.05, 0.1) is 0 Å². The SMILES string of the molecule is C=CC(=O)O[N+](C)(C)CCCC. The molecule has 0 unspecified atom stereocenters. The van der Waals surface area contributed by atoms with Gasteiger partial charge in [-0.05, 0) is 6.42 Å². The zero-order valence-corrected chi connectivity index (χ0v) is 8.17. The molecule has 0 atom stereocenters. The third-order valence-corrected chi connectivity index (χ3v) is 1.55. The quantitative estimate of drug-likeness (QED) is 0.357. The Morgan fingerprint density at radius 2 is 2.17 bits per heavy atom. The lowest BCUT2D eigenvalue weighted by Crippen LogP contribution is -2.41. The summed E-state index contributed by atoms with van der Waals surface area (Å²) in [6, 6.07) is 0. The predicted molar refractivity (Wildman–Crippen MR) is 48.2 cm³/mol. The lowest BCUT2D eigenvalue weighted by molar-refractivity contribution is -1.06. The van der Waals surface area contributed by atoms with Gasteiger partial charge in [0.25, 0.3) is 0 Å². The Hall–Kier alpha value is -0.830. The van der Waals surface area contributed by atoms with Gasteiger partial charge >= 0.3 is 5.97 Å². The van der Waals surface area contributed by atoms with E-state index in [-0.39, 0.29) is 10.6 Å². The second kappa shape index (κ2) is 4.93. The summed E-state index contributed by atoms with van der Waals surface area (Å²) in [5, 5.41) is 0. The number of hydrogen-bond acceptors (Lipinski definition) is 2. The minimum atomic E-state index is -0.365. The van der Waals surface area contributed by atoms with Crippen molar-refractivity contribution in [3.8, 4) is 0 Å². The number of quaternary nitrogens is 1. The summed E-state index contributed by atoms with van der Waals surface area (Å²) in [6.45, 7) is 6.29. The fraction of sp³-hybridized carbons (Fsp3) is 0.667. The van der Waals surface area contributed by atoms with E-state index in [0.29, 0.717) is 0 Å². The Morgan fingerprint density at radius 3 is 2.58 bits per heavy atom. The minimum Gasteiger partial charge on any atom is -0.272 e. The van der Waals surface area contributed by atoms with E-state index in [4.69, 9.17) is 4.84 Å². The van der Waals surface area contributed by atoms with Crippen LogP contribution in [0.2, 0.25) is 0 Å². The molecule has 0 saturated heterocycles. The summed E-state index contributed by atoms with van der Waals surface area (Å²) in [7, 11) is 3.72. The van der Waals surface area contributed by atoms with Crippen molar-refractivity contribution in [2.45, 2.75) is 19.8 Å². The normalized spacial score (nSPS) is 10.9. The molecule has 0 saturated carbocycles. The lowest BCUT2D eigenvalue weighted by Gasteiger charge is -2.24. The molecule has 0 aromatic carbocycles. The van der Waals surface area contributed by atoms with Gasteiger partial charge in [0.15, 0.2) is 0 Å². The van der Waals surface area contributed by atoms with Crippen LogP contribution in [-0.2, 0) is 9.63 Å². The van der Waals surface area contributed by atoms with Gasteiger partial charge in [0.1, 0.15) is 20.6 Å². The molecule has 0 aromatic heterocycles. The lowest BCUT2D eigenvalue weighted by atomic mass is 10.3. The molecule has 70 valence electrons. The first kappa shape index (κ1) is 11.2. The average molecular weight is 172 g/mol. The van der Waals surface area contributed by atoms with Crippen LogP contribution in [0.15, 0.2) is 12.7 Å². The van der Waals surface area contributed by atoms with Crippen LogP contribution in [0, 0.1) is 0 Å². The second-order valence-electron chi connectivity index (χ2n) is 3.27. The topological polar surface area (TPSA) is 26.3 Å². The molecule has 0 aromatic rings. The van der Waals surface area contributed by atoms with E-state index >= 15 is 0 Å². The fourth-order valence-electron chi connectivity index (χ4n) is 0.865. The van der Waals surface area contributed by atoms with Crippen LogP contribution >= 0.6 is 0 Å². The molecule has 0 fully saturated rings. The Labute approximate surface area is 74.2 Å². The smallest absolute Gasteiger partial charge is 0.272 e. The molecule has 0 aliphatic carbocycles. The summed E-state index contributed by atoms with van der Waals surface area (Å²) >= 11 is 0. The van der Waals surface area contributed by atoms with Crippen molar-refractivity contribution >= 4 is 5.97 Å². The third-order valence-electron chi connectivity index (χ3n) is 1.55. The van der Waals surface area contributed by atoms with E-state index in [0.717, 1.165) is 19.4 Å². The largest absolute Gasteiger partial charge is 0.389 e. The summed E-state index contributed by atoms with van der Waals surface area (Å²) in [4.78, 5) is 15.9. The number of unbranched alkanes of at least 4 members (excludes halogenated alkanes) is 1. The minimum absolute atomic E-state index is 0.276. The molecule has 0 amide bonds. The molecule has 0 N–H and O–H groups in total. The third kappa shape index (κ3) is 4.91. The highest BCUT2D eigenvalue weighted by atomic mass is 16.7. The number of carbonyl (C=O) groups excluding carboxylic acids is 1. The molecule has 12 heavy (non-hydrogen) atoms. The molecule has 0 bridgehead atoms. The maximum atomic E-state index is 10.8. The van der Waals surface area contributed by atoms with E-state index < -0.39 is 0 Å². The highest BCUT2D eigenvalue weighted by molar-refractivity contribution is 5.80. The van der Waals surface area contributed by atoms with Gasteiger partial charge in [-0.3, -0.25) is 4.84 Å². The average Bonchev–Trinajstić information content (AvgIpc) is 2.00. The monoisotopic (exact) mass is 172 g/mol. The van der Waals surface area contributed by atoms with Gasteiger partial charge < -0.3 is 0 Å². The molecule has 0 aliphatic rings. The summed E-state index contributed by atoms with van der Waals surface area (Å²) in [6.07, 6.45) is 3.34. The second-order valence-corrected chi connectivity index (χ2v) is 3.27. The Morgan fingerprint density at radius 1 is 1.58 bits per heavy atom. The Bertz CT molecular complexity index is 164. The summed E-state index contributed by atoms with van der Waals surface area (Å²) in [5.41, 5.74) is 0. The first-order valence-electron chi connectivity index (χ1n) is 4.21. The molecule has 0 radical (unpaired) electrons. The van der Waals surface area contributed by atoms with Crippen molar-refractivity contribution in [2.24, 2.45) is 0 Å². The van der Waals surface area contributed by atoms with Crippen molar-refractivity contribution in [3.63, 3.8) is 0 Å². The zero-order valence-electron chi connectivity index (χ0n) is 8.17. The van der Waals surface area contributed by atoms with Crippen molar-refractivity contribution in [2.75, 3.05) is 20.6 Å². The maximum Gasteiger partial charge on any atom is 0.389 e. The Kier molecular flexibility index (Phi) is 4.59. The van der Waals surface area contributed by atoms with Gasteiger partial charge in [-0.2, -0.15) is 0 Å². The van der Waals surface area contributed by atoms with E-state index in [1.807, 2.05) is 14.1 Å². The Balaban J connectivity index is 3.85. The highest BCUT2D eigenvalue weighted by Gasteiger charge is 2.19. The zero-order chi connectivity index (χ0) is 9.61. The van der Waals surface area contributed by atoms with E-state index in [1.54, 1.807) is 0 Å². The first-order chi connectivity index (χ1) is 5.52. The number of hydrogen-bond donors (Lipinski definition) is 0. The van der Waals surface area contributed by atoms with Gasteiger partial charge in [-0.1, -0.05) is 19.9 Å². The highest BCUT2D eigenvalue weighted by Crippen LogP contribution is 2.03. The molecule has 0 aliphatic heterocycles. The predicted octanol–water partition coefficient (Wildman–Crippen LogP) is 1.51. The number of nitrogens with zero attached hydrogens (tertiary/aromatic N) is 1. The molecule has 3 heteroatoms. The van der Waals surface area contributed by atoms with E-state index in [1.165, 1.54) is 6.08 Å². The summed E-state index contributed by atoms with van der Waals surface area (Å²) < 4.78 is 0.276. The van der Waals surface area contributed by atoms with Gasteiger partial charge in [0.2, 0.25) is 0 Å². The van der Waals surface area contributed by atoms with Crippen LogP contribution < -0.4 is 0 Å². The first-order valence-corrected chi connectivity index (χ1v) is 4.21. The van der Waals surface area contributed by atoms with Crippen molar-refractivity contribution in [1.29, 1.82) is 0 Å². The molecule has 0 heterocycles. The van der Waals surface area contributed by atoms with Crippen LogP contribution in [0.3, 0.4) is 0 Å². The van der Waals surface area contributed by atoms with Crippen LogP contribution in [0.1, 0.15) is 19.8 Å². The maximum absolute atomic E-state index is 10.8. The van der Waals surface area contributed by atoms with Crippen LogP contribution in [0.5, 0.6) is 0 Å². The molecule has 0 spiro atoms. The van der Waals surface area contributed by atoms with Crippen molar-refractivity contribution < 1.29 is 14.3 Å². The molecule has 0 rings (SSSR count). The molecular weight excluding hydrogens is 154 g/mol. The van der Waals surface area contributed by atoms with Crippen molar-refractivity contribution in [1.82, 2.24) is 0 Å². The fourth-order valence-corrected chi connectivity index (χ4v) is 0.865. The van der Waals surface area contributed by atoms with Crippen molar-refractivity contribution in [3.05, 3.63) is 12.7 Å². The van der Waals surface area contributed by atoms with Crippen LogP contribution in [-0.4, -0.2) is 31.3 Å². The van der Waals surface area contributed by atoms with Gasteiger partial charge in [0, 0.05) is 6.08 Å². The van der Waals surface area contributed by atoms with E-state index in [2.05, 4.69) is 13.5 Å². The molecular formula is C9H18NO2+. The van der Waals surface area contributed by atoms with Crippen LogP contribution in [0.25, 0.3) is 0 Å². The van der Waals surface area contributed by atoms with Gasteiger partial charge in [-0.15, -0.1) is 4.65 Å². The molecule has 3 nitrogen and oxygen atoms in total. The number of rotatable bonds is 5. The standard InChI is InChI=1S/C9H18NO2/c1-5-7-8-10(3,4)12-9(11)6-2/h6H,2,5,7-8H2,1,3-4H3/q+1. The van der Waals surface area contributed by atoms with Crippen LogP contribution in [0.4, 0.5) is 0 Å². The number of carbonyl (C=O) groups is 1.